The van der Waals surface area contributed by atoms with E-state index in [4.69, 9.17) is 10.7 Å². The van der Waals surface area contributed by atoms with E-state index in [0.717, 1.165) is 29.5 Å². The highest BCUT2D eigenvalue weighted by molar-refractivity contribution is 6.00. The van der Waals surface area contributed by atoms with E-state index in [1.807, 2.05) is 17.0 Å². The molecule has 3 atom stereocenters. The van der Waals surface area contributed by atoms with Gasteiger partial charge in [-0.25, -0.2) is 9.37 Å². The number of benzene rings is 1. The van der Waals surface area contributed by atoms with Crippen LogP contribution in [0, 0.1) is 5.82 Å². The fraction of sp³-hybridized carbons (Fsp3) is 0.321. The number of fused-ring (bicyclic) bond motifs is 3. The normalized spacial score (nSPS) is 20.7. The van der Waals surface area contributed by atoms with Gasteiger partial charge in [-0.1, -0.05) is 6.07 Å². The highest BCUT2D eigenvalue weighted by Gasteiger charge is 2.44. The molecule has 2 saturated heterocycles. The molecule has 38 heavy (non-hydrogen) atoms. The first-order valence-electron chi connectivity index (χ1n) is 12.7. The molecule has 4 aromatic rings. The predicted molar refractivity (Wildman–Crippen MR) is 139 cm³/mol. The number of piperidine rings is 1. The van der Waals surface area contributed by atoms with Crippen molar-refractivity contribution in [2.24, 2.45) is 0 Å². The number of rotatable bonds is 5. The first-order chi connectivity index (χ1) is 18.4. The van der Waals surface area contributed by atoms with Gasteiger partial charge in [-0.15, -0.1) is 0 Å². The smallest absolute Gasteiger partial charge is 0.248 e. The number of nitrogens with zero attached hydrogens (tertiary/aromatic N) is 5. The molecule has 5 heterocycles. The summed E-state index contributed by atoms with van der Waals surface area (Å²) in [6.45, 7) is 0.977. The highest BCUT2D eigenvalue weighted by atomic mass is 19.1. The minimum Gasteiger partial charge on any atom is -0.387 e. The van der Waals surface area contributed by atoms with Gasteiger partial charge < -0.3 is 15.7 Å². The van der Waals surface area contributed by atoms with E-state index >= 15 is 0 Å². The Labute approximate surface area is 218 Å². The Morgan fingerprint density at radius 2 is 1.74 bits per heavy atom. The molecule has 2 bridgehead atoms. The van der Waals surface area contributed by atoms with Crippen LogP contribution in [0.3, 0.4) is 0 Å². The Morgan fingerprint density at radius 1 is 1.05 bits per heavy atom. The lowest BCUT2D eigenvalue weighted by molar-refractivity contribution is -0.138. The molecule has 3 N–H and O–H groups in total. The molecule has 6 rings (SSSR count). The number of halogens is 1. The number of ketones is 1. The molecule has 0 saturated carbocycles. The average Bonchev–Trinajstić information content (AvgIpc) is 3.46. The number of hydrogen-bond acceptors (Lipinski definition) is 7. The monoisotopic (exact) mass is 514 g/mol. The molecule has 9 nitrogen and oxygen atoms in total. The third kappa shape index (κ3) is 3.92. The van der Waals surface area contributed by atoms with Gasteiger partial charge in [-0.3, -0.25) is 14.6 Å². The van der Waals surface area contributed by atoms with Crippen LogP contribution in [0.1, 0.15) is 54.6 Å². The van der Waals surface area contributed by atoms with Crippen LogP contribution >= 0.6 is 0 Å². The quantitative estimate of drug-likeness (QED) is 0.390. The van der Waals surface area contributed by atoms with Crippen molar-refractivity contribution in [3.8, 4) is 22.4 Å². The number of carbonyl (C=O) groups is 2. The van der Waals surface area contributed by atoms with E-state index in [1.54, 1.807) is 24.5 Å². The number of aromatic nitrogens is 4. The van der Waals surface area contributed by atoms with Gasteiger partial charge in [-0.05, 0) is 62.9 Å². The maximum Gasteiger partial charge on any atom is 0.248 e. The molecular weight excluding hydrogens is 487 g/mol. The lowest BCUT2D eigenvalue weighted by Gasteiger charge is -2.39. The number of nitrogens with two attached hydrogens (primary N) is 1. The van der Waals surface area contributed by atoms with Crippen LogP contribution < -0.4 is 5.73 Å². The van der Waals surface area contributed by atoms with Crippen molar-refractivity contribution >= 4 is 23.2 Å². The maximum atomic E-state index is 13.3. The third-order valence-corrected chi connectivity index (χ3v) is 7.82. The van der Waals surface area contributed by atoms with E-state index in [0.29, 0.717) is 35.4 Å². The number of aliphatic hydroxyl groups excluding tert-OH is 1. The van der Waals surface area contributed by atoms with Crippen LogP contribution in [0.25, 0.3) is 28.0 Å². The molecule has 1 amide bonds. The van der Waals surface area contributed by atoms with Crippen LogP contribution in [0.5, 0.6) is 0 Å². The molecule has 0 unspecified atom stereocenters. The minimum absolute atomic E-state index is 0.00467. The molecular formula is C28H27FN6O3. The standard InChI is InChI=1S/C28H27FN6O3/c1-15(37)25-26(18-10-20-7-8-21(11-18)34(20)24(38)14-36)33-28-22(13-32-35(28)27(25)30)17-4-9-23(31-12-17)16-2-5-19(29)6-3-16/h2-6,9,12-13,18,20-21,36H,7-8,10-11,14,30H2,1H3/t18-,20-,21+. The summed E-state index contributed by atoms with van der Waals surface area (Å²) in [5.74, 6) is -0.556. The number of nitrogen functional groups attached to an aromatic ring is 1. The van der Waals surface area contributed by atoms with Crippen LogP contribution in [-0.4, -0.2) is 60.0 Å². The number of aliphatic hydroxyl groups is 1. The largest absolute Gasteiger partial charge is 0.387 e. The summed E-state index contributed by atoms with van der Waals surface area (Å²) in [6, 6.07) is 9.91. The zero-order chi connectivity index (χ0) is 26.6. The summed E-state index contributed by atoms with van der Waals surface area (Å²) in [7, 11) is 0. The van der Waals surface area contributed by atoms with Crippen molar-refractivity contribution in [3.63, 3.8) is 0 Å². The Hall–Kier alpha value is -4.18. The zero-order valence-electron chi connectivity index (χ0n) is 20.8. The second kappa shape index (κ2) is 9.29. The summed E-state index contributed by atoms with van der Waals surface area (Å²) in [5.41, 5.74) is 11.0. The van der Waals surface area contributed by atoms with Crippen molar-refractivity contribution in [2.45, 2.75) is 50.6 Å². The predicted octanol–water partition coefficient (Wildman–Crippen LogP) is 3.61. The molecule has 2 aliphatic heterocycles. The van der Waals surface area contributed by atoms with Gasteiger partial charge in [0.05, 0.1) is 23.1 Å². The highest BCUT2D eigenvalue weighted by Crippen LogP contribution is 2.44. The van der Waals surface area contributed by atoms with E-state index in [2.05, 4.69) is 10.1 Å². The van der Waals surface area contributed by atoms with Gasteiger partial charge >= 0.3 is 0 Å². The third-order valence-electron chi connectivity index (χ3n) is 7.82. The molecule has 0 aliphatic carbocycles. The van der Waals surface area contributed by atoms with E-state index in [1.165, 1.54) is 23.6 Å². The molecule has 2 fully saturated rings. The molecule has 0 spiro atoms. The van der Waals surface area contributed by atoms with E-state index in [-0.39, 0.29) is 41.3 Å². The zero-order valence-corrected chi connectivity index (χ0v) is 20.8. The van der Waals surface area contributed by atoms with Crippen molar-refractivity contribution in [1.82, 2.24) is 24.5 Å². The topological polar surface area (TPSA) is 127 Å². The molecule has 194 valence electrons. The van der Waals surface area contributed by atoms with Gasteiger partial charge in [0.1, 0.15) is 18.2 Å². The van der Waals surface area contributed by atoms with E-state index in [9.17, 15) is 19.1 Å². The van der Waals surface area contributed by atoms with Crippen molar-refractivity contribution in [2.75, 3.05) is 12.3 Å². The van der Waals surface area contributed by atoms with Gasteiger partial charge in [-0.2, -0.15) is 9.61 Å². The summed E-state index contributed by atoms with van der Waals surface area (Å²) < 4.78 is 14.8. The molecule has 1 aromatic carbocycles. The summed E-state index contributed by atoms with van der Waals surface area (Å²) in [5, 5.41) is 13.8. The number of Topliss-reactive ketones (excluding diaryl/α,β-unsaturated/α-hetero) is 1. The number of anilines is 1. The fourth-order valence-corrected chi connectivity index (χ4v) is 6.13. The average molecular weight is 515 g/mol. The van der Waals surface area contributed by atoms with Crippen molar-refractivity contribution in [1.29, 1.82) is 0 Å². The van der Waals surface area contributed by atoms with Crippen LogP contribution in [-0.2, 0) is 4.79 Å². The van der Waals surface area contributed by atoms with Crippen LogP contribution in [0.15, 0.2) is 48.8 Å². The van der Waals surface area contributed by atoms with Gasteiger partial charge in [0.2, 0.25) is 5.91 Å². The van der Waals surface area contributed by atoms with Gasteiger partial charge in [0.25, 0.3) is 0 Å². The van der Waals surface area contributed by atoms with E-state index < -0.39 is 6.61 Å². The first kappa shape index (κ1) is 24.2. The number of carbonyl (C=O) groups excluding carboxylic acids is 2. The second-order valence-corrected chi connectivity index (χ2v) is 10.1. The molecule has 2 aliphatic rings. The van der Waals surface area contributed by atoms with Gasteiger partial charge in [0, 0.05) is 40.9 Å². The number of hydrogen-bond donors (Lipinski definition) is 2. The SMILES string of the molecule is CC(=O)c1c([C@@H]2C[C@H]3CC[C@@H](C2)N3C(=O)CO)nc2c(-c3ccc(-c4ccc(F)cc4)nc3)cnn2c1N. The second-order valence-electron chi connectivity index (χ2n) is 10.1. The fourth-order valence-electron chi connectivity index (χ4n) is 6.13. The Bertz CT molecular complexity index is 1540. The molecule has 3 aromatic heterocycles. The molecule has 0 radical (unpaired) electrons. The lowest BCUT2D eigenvalue weighted by atomic mass is 9.85. The van der Waals surface area contributed by atoms with Crippen LogP contribution in [0.2, 0.25) is 0 Å². The summed E-state index contributed by atoms with van der Waals surface area (Å²) >= 11 is 0. The Morgan fingerprint density at radius 3 is 2.34 bits per heavy atom. The number of pyridine rings is 1. The Balaban J connectivity index is 1.40. The maximum absolute atomic E-state index is 13.3. The lowest BCUT2D eigenvalue weighted by Crippen LogP contribution is -2.47. The van der Waals surface area contributed by atoms with Crippen molar-refractivity contribution in [3.05, 3.63) is 65.9 Å². The van der Waals surface area contributed by atoms with Gasteiger partial charge in [0.15, 0.2) is 11.4 Å². The Kier molecular flexibility index (Phi) is 5.91. The molecule has 10 heteroatoms. The first-order valence-corrected chi connectivity index (χ1v) is 12.7. The summed E-state index contributed by atoms with van der Waals surface area (Å²) in [6.07, 6.45) is 6.41. The van der Waals surface area contributed by atoms with Crippen LogP contribution in [0.4, 0.5) is 10.2 Å². The minimum atomic E-state index is -0.499. The summed E-state index contributed by atoms with van der Waals surface area (Å²) in [4.78, 5) is 36.4. The number of amides is 1. The van der Waals surface area contributed by atoms with Crippen molar-refractivity contribution < 1.29 is 19.1 Å².